The van der Waals surface area contributed by atoms with Crippen molar-refractivity contribution in [3.05, 3.63) is 17.8 Å². The smallest absolute Gasteiger partial charge is 0.407 e. The highest BCUT2D eigenvalue weighted by Gasteiger charge is 2.43. The molecule has 2 aromatic heterocycles. The van der Waals surface area contributed by atoms with E-state index in [-0.39, 0.29) is 24.7 Å². The maximum absolute atomic E-state index is 11.4. The van der Waals surface area contributed by atoms with E-state index < -0.39 is 6.09 Å². The van der Waals surface area contributed by atoms with E-state index in [4.69, 9.17) is 9.84 Å². The van der Waals surface area contributed by atoms with Gasteiger partial charge in [-0.1, -0.05) is 0 Å². The number of rotatable bonds is 6. The Morgan fingerprint density at radius 1 is 1.29 bits per heavy atom. The molecule has 2 bridgehead atoms. The van der Waals surface area contributed by atoms with Gasteiger partial charge in [0.2, 0.25) is 11.8 Å². The van der Waals surface area contributed by atoms with Crippen LogP contribution in [0.1, 0.15) is 31.4 Å². The molecule has 150 valence electrons. The van der Waals surface area contributed by atoms with Crippen molar-refractivity contribution in [3.63, 3.8) is 0 Å². The minimum absolute atomic E-state index is 0.0397. The minimum Gasteiger partial charge on any atom is -0.481 e. The van der Waals surface area contributed by atoms with Crippen LogP contribution < -0.4 is 15.4 Å². The number of nitrogens with zero attached hydrogens (tertiary/aromatic N) is 4. The van der Waals surface area contributed by atoms with Crippen molar-refractivity contribution in [2.75, 3.05) is 17.7 Å². The number of methoxy groups -OCH3 is 1. The first-order chi connectivity index (χ1) is 13.6. The van der Waals surface area contributed by atoms with Crippen molar-refractivity contribution in [2.24, 2.45) is 0 Å². The molecule has 1 amide bonds. The van der Waals surface area contributed by atoms with Gasteiger partial charge in [-0.2, -0.15) is 15.1 Å². The SMILES string of the molecule is COc1cc(Nc2cc(CO)[nH]n2)nc(NC2C[C@H]3CC[C@@H](C2)N3C(=O)O)n1. The second-order valence-corrected chi connectivity index (χ2v) is 7.07. The Morgan fingerprint density at radius 2 is 2.04 bits per heavy atom. The molecule has 0 radical (unpaired) electrons. The van der Waals surface area contributed by atoms with E-state index in [1.807, 2.05) is 0 Å². The average molecular weight is 389 g/mol. The number of anilines is 3. The number of hydrogen-bond donors (Lipinski definition) is 5. The summed E-state index contributed by atoms with van der Waals surface area (Å²) >= 11 is 0. The number of aromatic nitrogens is 4. The number of aliphatic hydroxyl groups is 1. The average Bonchev–Trinajstić information content (AvgIpc) is 3.23. The van der Waals surface area contributed by atoms with Gasteiger partial charge < -0.3 is 30.5 Å². The number of carbonyl (C=O) groups is 1. The van der Waals surface area contributed by atoms with Crippen LogP contribution in [0.25, 0.3) is 0 Å². The first-order valence-corrected chi connectivity index (χ1v) is 9.18. The highest BCUT2D eigenvalue weighted by Crippen LogP contribution is 2.36. The molecule has 2 aliphatic heterocycles. The number of nitrogens with one attached hydrogen (secondary N) is 3. The molecule has 2 aliphatic rings. The number of H-pyrrole nitrogens is 1. The predicted molar refractivity (Wildman–Crippen MR) is 99.7 cm³/mol. The third kappa shape index (κ3) is 3.65. The van der Waals surface area contributed by atoms with E-state index in [0.29, 0.717) is 29.2 Å². The van der Waals surface area contributed by atoms with Crippen molar-refractivity contribution in [1.82, 2.24) is 25.1 Å². The first-order valence-electron chi connectivity index (χ1n) is 9.18. The summed E-state index contributed by atoms with van der Waals surface area (Å²) in [4.78, 5) is 21.9. The van der Waals surface area contributed by atoms with Crippen LogP contribution in [-0.2, 0) is 6.61 Å². The van der Waals surface area contributed by atoms with E-state index >= 15 is 0 Å². The van der Waals surface area contributed by atoms with Gasteiger partial charge in [-0.15, -0.1) is 0 Å². The summed E-state index contributed by atoms with van der Waals surface area (Å²) in [7, 11) is 1.53. The lowest BCUT2D eigenvalue weighted by Gasteiger charge is -2.37. The third-order valence-electron chi connectivity index (χ3n) is 5.26. The monoisotopic (exact) mass is 389 g/mol. The van der Waals surface area contributed by atoms with E-state index in [1.54, 1.807) is 17.0 Å². The summed E-state index contributed by atoms with van der Waals surface area (Å²) < 4.78 is 5.27. The minimum atomic E-state index is -0.837. The molecule has 3 atom stereocenters. The zero-order valence-electron chi connectivity index (χ0n) is 15.4. The number of carboxylic acid groups (broad SMARTS) is 1. The van der Waals surface area contributed by atoms with Gasteiger partial charge in [-0.3, -0.25) is 5.10 Å². The number of aromatic amines is 1. The van der Waals surface area contributed by atoms with Crippen LogP contribution in [0.3, 0.4) is 0 Å². The number of fused-ring (bicyclic) bond motifs is 2. The standard InChI is InChI=1S/C17H23N7O4/c1-28-15-7-13(19-14-6-10(8-25)22-23-14)20-16(21-15)18-9-4-11-2-3-12(5-9)24(11)17(26)27/h6-7,9,11-12,25H,2-5,8H2,1H3,(H,26,27)(H3,18,19,20,21,22,23)/t9?,11-,12+. The molecule has 1 unspecified atom stereocenters. The molecule has 4 heterocycles. The number of aliphatic hydroxyl groups excluding tert-OH is 1. The molecule has 2 aromatic rings. The quantitative estimate of drug-likeness (QED) is 0.496. The van der Waals surface area contributed by atoms with Crippen molar-refractivity contribution in [3.8, 4) is 5.88 Å². The Hall–Kier alpha value is -3.08. The normalized spacial score (nSPS) is 23.5. The van der Waals surface area contributed by atoms with Crippen LogP contribution >= 0.6 is 0 Å². The van der Waals surface area contributed by atoms with E-state index in [2.05, 4.69) is 30.8 Å². The number of hydrogen-bond acceptors (Lipinski definition) is 8. The fraction of sp³-hybridized carbons (Fsp3) is 0.529. The van der Waals surface area contributed by atoms with Crippen LogP contribution in [0, 0.1) is 0 Å². The Balaban J connectivity index is 1.48. The fourth-order valence-corrected chi connectivity index (χ4v) is 4.09. The van der Waals surface area contributed by atoms with Gasteiger partial charge in [0.05, 0.1) is 19.4 Å². The van der Waals surface area contributed by atoms with Gasteiger partial charge in [0, 0.05) is 30.3 Å². The molecule has 5 N–H and O–H groups in total. The predicted octanol–water partition coefficient (Wildman–Crippen LogP) is 1.53. The van der Waals surface area contributed by atoms with Gasteiger partial charge in [0.1, 0.15) is 5.82 Å². The molecule has 0 spiro atoms. The van der Waals surface area contributed by atoms with Gasteiger partial charge in [-0.25, -0.2) is 4.79 Å². The lowest BCUT2D eigenvalue weighted by Crippen LogP contribution is -2.49. The maximum Gasteiger partial charge on any atom is 0.407 e. The molecule has 0 aromatic carbocycles. The molecule has 28 heavy (non-hydrogen) atoms. The first kappa shape index (κ1) is 18.3. The van der Waals surface area contributed by atoms with Crippen molar-refractivity contribution in [1.29, 1.82) is 0 Å². The number of amides is 1. The second kappa shape index (κ2) is 7.50. The zero-order chi connectivity index (χ0) is 19.7. The van der Waals surface area contributed by atoms with Crippen LogP contribution in [0.15, 0.2) is 12.1 Å². The molecule has 2 fully saturated rings. The number of piperidine rings is 1. The molecule has 4 rings (SSSR count). The zero-order valence-corrected chi connectivity index (χ0v) is 15.4. The van der Waals surface area contributed by atoms with Crippen LogP contribution in [0.2, 0.25) is 0 Å². The van der Waals surface area contributed by atoms with Crippen LogP contribution in [0.4, 0.5) is 22.4 Å². The Morgan fingerprint density at radius 3 is 2.64 bits per heavy atom. The van der Waals surface area contributed by atoms with Gasteiger partial charge in [0.15, 0.2) is 5.82 Å². The summed E-state index contributed by atoms with van der Waals surface area (Å²) in [6.07, 6.45) is 2.41. The summed E-state index contributed by atoms with van der Waals surface area (Å²) in [5.41, 5.74) is 0.586. The molecular formula is C17H23N7O4. The Labute approximate surface area is 161 Å². The van der Waals surface area contributed by atoms with Gasteiger partial charge in [0.25, 0.3) is 0 Å². The molecule has 2 saturated heterocycles. The lowest BCUT2D eigenvalue weighted by atomic mass is 9.98. The van der Waals surface area contributed by atoms with E-state index in [1.165, 1.54) is 7.11 Å². The summed E-state index contributed by atoms with van der Waals surface area (Å²) in [6.45, 7) is -0.133. The van der Waals surface area contributed by atoms with Crippen LogP contribution in [0.5, 0.6) is 5.88 Å². The summed E-state index contributed by atoms with van der Waals surface area (Å²) in [5, 5.41) is 31.7. The molecule has 0 aliphatic carbocycles. The maximum atomic E-state index is 11.4. The Kier molecular flexibility index (Phi) is 4.90. The summed E-state index contributed by atoms with van der Waals surface area (Å²) in [6, 6.07) is 3.51. The second-order valence-electron chi connectivity index (χ2n) is 7.07. The largest absolute Gasteiger partial charge is 0.481 e. The van der Waals surface area contributed by atoms with Crippen molar-refractivity contribution >= 4 is 23.7 Å². The molecule has 11 heteroatoms. The topological polar surface area (TPSA) is 149 Å². The molecule has 11 nitrogen and oxygen atoms in total. The van der Waals surface area contributed by atoms with Crippen molar-refractivity contribution in [2.45, 2.75) is 50.4 Å². The number of ether oxygens (including phenoxy) is 1. The molecule has 0 saturated carbocycles. The van der Waals surface area contributed by atoms with Crippen molar-refractivity contribution < 1.29 is 19.7 Å². The highest BCUT2D eigenvalue weighted by molar-refractivity contribution is 5.66. The van der Waals surface area contributed by atoms with E-state index in [9.17, 15) is 9.90 Å². The lowest BCUT2D eigenvalue weighted by molar-refractivity contribution is 0.0993. The van der Waals surface area contributed by atoms with Gasteiger partial charge >= 0.3 is 6.09 Å². The van der Waals surface area contributed by atoms with E-state index in [0.717, 1.165) is 25.7 Å². The fourth-order valence-electron chi connectivity index (χ4n) is 4.09. The van der Waals surface area contributed by atoms with Crippen LogP contribution in [-0.4, -0.2) is 66.6 Å². The van der Waals surface area contributed by atoms with Gasteiger partial charge in [-0.05, 0) is 25.7 Å². The highest BCUT2D eigenvalue weighted by atomic mass is 16.5. The third-order valence-corrected chi connectivity index (χ3v) is 5.26. The summed E-state index contributed by atoms with van der Waals surface area (Å²) in [5.74, 6) is 1.82. The Bertz CT molecular complexity index is 844. The molecular weight excluding hydrogens is 366 g/mol.